The first-order chi connectivity index (χ1) is 9.40. The fourth-order valence-electron chi connectivity index (χ4n) is 2.30. The van der Waals surface area contributed by atoms with E-state index in [0.717, 1.165) is 28.6 Å². The fraction of sp³-hybridized carbons (Fsp3) is 0. The Hall–Kier alpha value is -2.61. The van der Waals surface area contributed by atoms with Crippen molar-refractivity contribution in [1.82, 2.24) is 4.57 Å². The van der Waals surface area contributed by atoms with Crippen LogP contribution in [0, 0.1) is 0 Å². The minimum atomic E-state index is 0.799. The molecule has 0 N–H and O–H groups in total. The quantitative estimate of drug-likeness (QED) is 0.509. The molecular formula is C17H13NO. The van der Waals surface area contributed by atoms with Crippen LogP contribution >= 0.6 is 0 Å². The summed E-state index contributed by atoms with van der Waals surface area (Å²) >= 11 is 0. The maximum absolute atomic E-state index is 10.5. The number of hydrogen-bond donors (Lipinski definition) is 0. The van der Waals surface area contributed by atoms with Crippen LogP contribution in [0.3, 0.4) is 0 Å². The molecule has 0 saturated heterocycles. The van der Waals surface area contributed by atoms with Crippen molar-refractivity contribution < 1.29 is 4.79 Å². The zero-order valence-electron chi connectivity index (χ0n) is 10.4. The molecule has 1 aromatic heterocycles. The van der Waals surface area contributed by atoms with Gasteiger partial charge in [-0.25, -0.2) is 0 Å². The number of allylic oxidation sites excluding steroid dienone is 1. The Bertz CT molecular complexity index is 738. The van der Waals surface area contributed by atoms with Crippen LogP contribution in [0.5, 0.6) is 0 Å². The zero-order valence-corrected chi connectivity index (χ0v) is 10.4. The number of para-hydroxylation sites is 2. The lowest BCUT2D eigenvalue weighted by Gasteiger charge is -2.08. The molecule has 0 radical (unpaired) electrons. The average Bonchev–Trinajstić information content (AvgIpc) is 2.84. The number of rotatable bonds is 3. The molecule has 2 aromatic carbocycles. The van der Waals surface area contributed by atoms with Gasteiger partial charge in [-0.1, -0.05) is 36.4 Å². The standard InChI is InChI=1S/C17H13NO/c19-12-6-10-16-13-14-7-4-5-11-17(14)18(16)15-8-2-1-3-9-15/h1-13H/b10-6+. The molecule has 0 aliphatic heterocycles. The Kier molecular flexibility index (Phi) is 2.99. The molecule has 2 heteroatoms. The molecule has 0 fully saturated rings. The summed E-state index contributed by atoms with van der Waals surface area (Å²) in [5.41, 5.74) is 3.23. The van der Waals surface area contributed by atoms with Crippen molar-refractivity contribution in [3.8, 4) is 5.69 Å². The molecule has 0 aliphatic rings. The Labute approximate surface area is 111 Å². The highest BCUT2D eigenvalue weighted by Gasteiger charge is 2.07. The van der Waals surface area contributed by atoms with Crippen LogP contribution in [0.1, 0.15) is 5.69 Å². The molecule has 2 nitrogen and oxygen atoms in total. The van der Waals surface area contributed by atoms with E-state index in [-0.39, 0.29) is 0 Å². The number of carbonyl (C=O) groups excluding carboxylic acids is 1. The Morgan fingerprint density at radius 1 is 0.895 bits per heavy atom. The van der Waals surface area contributed by atoms with Crippen LogP contribution in [0.4, 0.5) is 0 Å². The first-order valence-electron chi connectivity index (χ1n) is 6.18. The third-order valence-corrected chi connectivity index (χ3v) is 3.10. The molecule has 0 bridgehead atoms. The fourth-order valence-corrected chi connectivity index (χ4v) is 2.30. The van der Waals surface area contributed by atoms with E-state index in [9.17, 15) is 4.79 Å². The van der Waals surface area contributed by atoms with Crippen molar-refractivity contribution in [3.63, 3.8) is 0 Å². The number of aromatic nitrogens is 1. The van der Waals surface area contributed by atoms with Crippen molar-refractivity contribution in [1.29, 1.82) is 0 Å². The second kappa shape index (κ2) is 4.94. The molecule has 0 unspecified atom stereocenters. The lowest BCUT2D eigenvalue weighted by molar-refractivity contribution is -0.104. The van der Waals surface area contributed by atoms with Crippen molar-refractivity contribution in [3.05, 3.63) is 72.4 Å². The molecule has 19 heavy (non-hydrogen) atoms. The molecule has 0 atom stereocenters. The maximum atomic E-state index is 10.5. The lowest BCUT2D eigenvalue weighted by atomic mass is 10.2. The topological polar surface area (TPSA) is 22.0 Å². The van der Waals surface area contributed by atoms with E-state index < -0.39 is 0 Å². The summed E-state index contributed by atoms with van der Waals surface area (Å²) in [6.07, 6.45) is 4.15. The first-order valence-corrected chi connectivity index (χ1v) is 6.18. The van der Waals surface area contributed by atoms with Gasteiger partial charge in [0.05, 0.1) is 5.52 Å². The van der Waals surface area contributed by atoms with Crippen LogP contribution in [0.2, 0.25) is 0 Å². The summed E-state index contributed by atoms with van der Waals surface area (Å²) in [4.78, 5) is 10.5. The average molecular weight is 247 g/mol. The lowest BCUT2D eigenvalue weighted by Crippen LogP contribution is -1.95. The van der Waals surface area contributed by atoms with E-state index in [0.29, 0.717) is 0 Å². The van der Waals surface area contributed by atoms with Gasteiger partial charge in [0.1, 0.15) is 6.29 Å². The number of nitrogens with zero attached hydrogens (tertiary/aromatic N) is 1. The smallest absolute Gasteiger partial charge is 0.142 e. The number of fused-ring (bicyclic) bond motifs is 1. The highest BCUT2D eigenvalue weighted by molar-refractivity contribution is 5.87. The molecule has 92 valence electrons. The SMILES string of the molecule is O=C/C=C/c1cc2ccccc2n1-c1ccccc1. The molecule has 3 aromatic rings. The first kappa shape index (κ1) is 11.5. The molecule has 0 spiro atoms. The molecular weight excluding hydrogens is 234 g/mol. The Balaban J connectivity index is 2.30. The van der Waals surface area contributed by atoms with Gasteiger partial charge in [-0.05, 0) is 36.4 Å². The molecule has 0 amide bonds. The number of carbonyl (C=O) groups is 1. The van der Waals surface area contributed by atoms with Gasteiger partial charge in [0, 0.05) is 16.8 Å². The van der Waals surface area contributed by atoms with E-state index in [1.807, 2.05) is 36.4 Å². The van der Waals surface area contributed by atoms with Crippen LogP contribution in [0.25, 0.3) is 22.7 Å². The summed E-state index contributed by atoms with van der Waals surface area (Å²) in [7, 11) is 0. The van der Waals surface area contributed by atoms with Gasteiger partial charge in [-0.2, -0.15) is 0 Å². The second-order valence-corrected chi connectivity index (χ2v) is 4.29. The summed E-state index contributed by atoms with van der Waals surface area (Å²) in [6.45, 7) is 0. The third-order valence-electron chi connectivity index (χ3n) is 3.10. The summed E-state index contributed by atoms with van der Waals surface area (Å²) < 4.78 is 2.15. The van der Waals surface area contributed by atoms with Crippen molar-refractivity contribution in [2.45, 2.75) is 0 Å². The van der Waals surface area contributed by atoms with E-state index in [1.54, 1.807) is 0 Å². The van der Waals surface area contributed by atoms with Crippen LogP contribution in [-0.4, -0.2) is 10.9 Å². The van der Waals surface area contributed by atoms with Gasteiger partial charge in [0.15, 0.2) is 0 Å². The zero-order chi connectivity index (χ0) is 13.1. The molecule has 3 rings (SSSR count). The Morgan fingerprint density at radius 3 is 2.42 bits per heavy atom. The predicted octanol–water partition coefficient (Wildman–Crippen LogP) is 3.84. The van der Waals surface area contributed by atoms with Crippen molar-refractivity contribution >= 4 is 23.3 Å². The van der Waals surface area contributed by atoms with Gasteiger partial charge >= 0.3 is 0 Å². The van der Waals surface area contributed by atoms with Gasteiger partial charge < -0.3 is 4.57 Å². The Morgan fingerprint density at radius 2 is 1.63 bits per heavy atom. The van der Waals surface area contributed by atoms with Crippen LogP contribution in [-0.2, 0) is 4.79 Å². The predicted molar refractivity (Wildman–Crippen MR) is 78.4 cm³/mol. The number of hydrogen-bond acceptors (Lipinski definition) is 1. The molecule has 0 aliphatic carbocycles. The summed E-state index contributed by atoms with van der Waals surface area (Å²) in [5, 5.41) is 1.16. The van der Waals surface area contributed by atoms with E-state index >= 15 is 0 Å². The van der Waals surface area contributed by atoms with Gasteiger partial charge in [0.25, 0.3) is 0 Å². The van der Waals surface area contributed by atoms with Gasteiger partial charge in [-0.15, -0.1) is 0 Å². The third kappa shape index (κ3) is 2.08. The molecule has 1 heterocycles. The maximum Gasteiger partial charge on any atom is 0.142 e. The van der Waals surface area contributed by atoms with E-state index in [2.05, 4.69) is 34.9 Å². The minimum Gasteiger partial charge on any atom is -0.310 e. The van der Waals surface area contributed by atoms with E-state index in [4.69, 9.17) is 0 Å². The highest BCUT2D eigenvalue weighted by atomic mass is 16.1. The van der Waals surface area contributed by atoms with E-state index in [1.165, 1.54) is 6.08 Å². The van der Waals surface area contributed by atoms with Crippen LogP contribution < -0.4 is 0 Å². The number of benzene rings is 2. The normalized spacial score (nSPS) is 11.2. The van der Waals surface area contributed by atoms with Crippen LogP contribution in [0.15, 0.2) is 66.7 Å². The van der Waals surface area contributed by atoms with Crippen molar-refractivity contribution in [2.75, 3.05) is 0 Å². The highest BCUT2D eigenvalue weighted by Crippen LogP contribution is 2.25. The number of aldehydes is 1. The summed E-state index contributed by atoms with van der Waals surface area (Å²) in [6, 6.07) is 20.4. The van der Waals surface area contributed by atoms with Crippen molar-refractivity contribution in [2.24, 2.45) is 0 Å². The van der Waals surface area contributed by atoms with Gasteiger partial charge in [0.2, 0.25) is 0 Å². The largest absolute Gasteiger partial charge is 0.310 e. The molecule has 0 saturated carbocycles. The minimum absolute atomic E-state index is 0.799. The summed E-state index contributed by atoms with van der Waals surface area (Å²) in [5.74, 6) is 0. The van der Waals surface area contributed by atoms with Gasteiger partial charge in [-0.3, -0.25) is 4.79 Å². The monoisotopic (exact) mass is 247 g/mol. The second-order valence-electron chi connectivity index (χ2n) is 4.29.